The molecule has 1 aromatic carbocycles. The molecule has 0 radical (unpaired) electrons. The van der Waals surface area contributed by atoms with Gasteiger partial charge in [0.1, 0.15) is 17.4 Å². The third-order valence-electron chi connectivity index (χ3n) is 3.70. The van der Waals surface area contributed by atoms with Crippen LogP contribution in [0, 0.1) is 6.92 Å². The summed E-state index contributed by atoms with van der Waals surface area (Å²) in [5, 5.41) is 2.64. The summed E-state index contributed by atoms with van der Waals surface area (Å²) < 4.78 is 32.6. The fourth-order valence-electron chi connectivity index (χ4n) is 2.46. The minimum Gasteiger partial charge on any atom is -0.462 e. The van der Waals surface area contributed by atoms with Crippen LogP contribution in [-0.4, -0.2) is 26.7 Å². The van der Waals surface area contributed by atoms with Crippen LogP contribution in [0.25, 0.3) is 6.08 Å². The molecule has 0 saturated heterocycles. The molecule has 0 bridgehead atoms. The Balaban J connectivity index is 1.68. The number of amides is 1. The summed E-state index contributed by atoms with van der Waals surface area (Å²) in [6.07, 6.45) is 4.33. The van der Waals surface area contributed by atoms with Crippen molar-refractivity contribution < 1.29 is 17.6 Å². The third kappa shape index (κ3) is 4.60. The molecule has 2 N–H and O–H groups in total. The topological polar surface area (TPSA) is 101 Å². The van der Waals surface area contributed by atoms with Gasteiger partial charge in [-0.05, 0) is 49.8 Å². The summed E-state index contributed by atoms with van der Waals surface area (Å²) in [6.45, 7) is 2.45. The van der Waals surface area contributed by atoms with Gasteiger partial charge in [0.05, 0.1) is 4.90 Å². The van der Waals surface area contributed by atoms with Crippen molar-refractivity contribution in [1.29, 1.82) is 0 Å². The molecule has 0 spiro atoms. The molecular formula is C18H19N3O4S. The summed E-state index contributed by atoms with van der Waals surface area (Å²) in [7, 11) is -3.72. The van der Waals surface area contributed by atoms with E-state index in [2.05, 4.69) is 15.0 Å². The van der Waals surface area contributed by atoms with E-state index in [1.807, 2.05) is 6.92 Å². The molecule has 136 valence electrons. The van der Waals surface area contributed by atoms with Crippen LogP contribution in [-0.2, 0) is 14.8 Å². The molecule has 2 heterocycles. The Bertz CT molecular complexity index is 974. The number of nitrogens with one attached hydrogen (secondary N) is 2. The van der Waals surface area contributed by atoms with Gasteiger partial charge in [0.2, 0.25) is 5.91 Å². The predicted octanol–water partition coefficient (Wildman–Crippen LogP) is 2.71. The standard InChI is InChI=1S/C18H19N3O4S/c1-13-7-8-15(25-13)9-10-18(22)20-14-4-2-5-16(12-14)26(23,24)21-17-6-3-11-19-17/h2,4-5,7-10,12H,3,6,11H2,1H3,(H,19,21)(H,20,22)/b10-9+. The van der Waals surface area contributed by atoms with E-state index < -0.39 is 10.0 Å². The van der Waals surface area contributed by atoms with Crippen molar-refractivity contribution in [3.63, 3.8) is 0 Å². The lowest BCUT2D eigenvalue weighted by Crippen LogP contribution is -2.29. The van der Waals surface area contributed by atoms with E-state index >= 15 is 0 Å². The van der Waals surface area contributed by atoms with Gasteiger partial charge in [-0.1, -0.05) is 6.07 Å². The van der Waals surface area contributed by atoms with Crippen LogP contribution in [0.15, 0.2) is 56.8 Å². The Morgan fingerprint density at radius 1 is 1.27 bits per heavy atom. The average Bonchev–Trinajstić information content (AvgIpc) is 3.24. The van der Waals surface area contributed by atoms with Crippen molar-refractivity contribution in [3.8, 4) is 0 Å². The molecule has 2 aromatic rings. The van der Waals surface area contributed by atoms with Crippen LogP contribution in [0.4, 0.5) is 5.69 Å². The zero-order valence-electron chi connectivity index (χ0n) is 14.2. The van der Waals surface area contributed by atoms with Crippen LogP contribution in [0.1, 0.15) is 24.4 Å². The Labute approximate surface area is 151 Å². The number of carbonyl (C=O) groups excluding carboxylic acids is 1. The van der Waals surface area contributed by atoms with Gasteiger partial charge in [0.25, 0.3) is 10.0 Å². The van der Waals surface area contributed by atoms with Gasteiger partial charge < -0.3 is 9.73 Å². The quantitative estimate of drug-likeness (QED) is 0.787. The first-order valence-electron chi connectivity index (χ1n) is 8.14. The maximum absolute atomic E-state index is 12.4. The lowest BCUT2D eigenvalue weighted by atomic mass is 10.3. The minimum atomic E-state index is -3.72. The molecule has 1 amide bonds. The molecule has 1 aliphatic rings. The first-order chi connectivity index (χ1) is 12.4. The van der Waals surface area contributed by atoms with E-state index in [1.54, 1.807) is 30.3 Å². The monoisotopic (exact) mass is 373 g/mol. The Morgan fingerprint density at radius 2 is 2.12 bits per heavy atom. The number of nitrogens with zero attached hydrogens (tertiary/aromatic N) is 1. The number of aliphatic imine (C=N–C) groups is 1. The van der Waals surface area contributed by atoms with Gasteiger partial charge in [-0.3, -0.25) is 14.5 Å². The van der Waals surface area contributed by atoms with Crippen molar-refractivity contribution in [2.24, 2.45) is 4.99 Å². The summed E-state index contributed by atoms with van der Waals surface area (Å²) >= 11 is 0. The SMILES string of the molecule is Cc1ccc(/C=C/C(=O)Nc2cccc(S(=O)(=O)NC3=NCCC3)c2)o1. The molecule has 1 aliphatic heterocycles. The second-order valence-electron chi connectivity index (χ2n) is 5.84. The number of benzene rings is 1. The summed E-state index contributed by atoms with van der Waals surface area (Å²) in [5.41, 5.74) is 0.381. The molecule has 0 atom stereocenters. The summed E-state index contributed by atoms with van der Waals surface area (Å²) in [4.78, 5) is 16.2. The number of hydrogen-bond donors (Lipinski definition) is 2. The second kappa shape index (κ2) is 7.57. The second-order valence-corrected chi connectivity index (χ2v) is 7.52. The first-order valence-corrected chi connectivity index (χ1v) is 9.62. The number of rotatable bonds is 5. The lowest BCUT2D eigenvalue weighted by molar-refractivity contribution is -0.111. The van der Waals surface area contributed by atoms with Crippen molar-refractivity contribution >= 4 is 33.5 Å². The van der Waals surface area contributed by atoms with E-state index in [1.165, 1.54) is 18.2 Å². The number of amidine groups is 1. The Kier molecular flexibility index (Phi) is 5.22. The van der Waals surface area contributed by atoms with Crippen LogP contribution in [0.3, 0.4) is 0 Å². The molecule has 0 fully saturated rings. The average molecular weight is 373 g/mol. The number of hydrogen-bond acceptors (Lipinski definition) is 5. The fraction of sp³-hybridized carbons (Fsp3) is 0.222. The fourth-order valence-corrected chi connectivity index (χ4v) is 3.60. The molecule has 0 unspecified atom stereocenters. The Hall–Kier alpha value is -2.87. The van der Waals surface area contributed by atoms with E-state index in [9.17, 15) is 13.2 Å². The van der Waals surface area contributed by atoms with Crippen molar-refractivity contribution in [2.45, 2.75) is 24.7 Å². The van der Waals surface area contributed by atoms with Gasteiger partial charge >= 0.3 is 0 Å². The largest absolute Gasteiger partial charge is 0.462 e. The number of aryl methyl sites for hydroxylation is 1. The third-order valence-corrected chi connectivity index (χ3v) is 5.08. The molecule has 3 rings (SSSR count). The number of carbonyl (C=O) groups is 1. The maximum Gasteiger partial charge on any atom is 0.262 e. The molecule has 26 heavy (non-hydrogen) atoms. The smallest absolute Gasteiger partial charge is 0.262 e. The molecule has 0 saturated carbocycles. The molecule has 1 aromatic heterocycles. The van der Waals surface area contributed by atoms with Crippen molar-refractivity contribution in [1.82, 2.24) is 4.72 Å². The van der Waals surface area contributed by atoms with Gasteiger partial charge in [-0.2, -0.15) is 0 Å². The number of furan rings is 1. The van der Waals surface area contributed by atoms with Crippen LogP contribution < -0.4 is 10.0 Å². The van der Waals surface area contributed by atoms with Gasteiger partial charge in [0, 0.05) is 24.7 Å². The predicted molar refractivity (Wildman–Crippen MR) is 99.4 cm³/mol. The lowest BCUT2D eigenvalue weighted by Gasteiger charge is -2.09. The van der Waals surface area contributed by atoms with Crippen molar-refractivity contribution in [3.05, 3.63) is 54.0 Å². The van der Waals surface area contributed by atoms with Gasteiger partial charge in [-0.25, -0.2) is 8.42 Å². The zero-order chi connectivity index (χ0) is 18.6. The number of anilines is 1. The summed E-state index contributed by atoms with van der Waals surface area (Å²) in [6, 6.07) is 9.61. The molecule has 0 aliphatic carbocycles. The normalized spacial score (nSPS) is 14.4. The van der Waals surface area contributed by atoms with Gasteiger partial charge in [0.15, 0.2) is 0 Å². The highest BCUT2D eigenvalue weighted by Crippen LogP contribution is 2.17. The maximum atomic E-state index is 12.4. The highest BCUT2D eigenvalue weighted by Gasteiger charge is 2.18. The number of sulfonamides is 1. The van der Waals surface area contributed by atoms with Crippen LogP contribution in [0.5, 0.6) is 0 Å². The Morgan fingerprint density at radius 3 is 2.81 bits per heavy atom. The summed E-state index contributed by atoms with van der Waals surface area (Å²) in [5.74, 6) is 1.40. The molecule has 7 nitrogen and oxygen atoms in total. The van der Waals surface area contributed by atoms with Gasteiger partial charge in [-0.15, -0.1) is 0 Å². The van der Waals surface area contributed by atoms with Crippen LogP contribution >= 0.6 is 0 Å². The minimum absolute atomic E-state index is 0.0653. The highest BCUT2D eigenvalue weighted by atomic mass is 32.2. The zero-order valence-corrected chi connectivity index (χ0v) is 15.0. The molecule has 8 heteroatoms. The van der Waals surface area contributed by atoms with Crippen LogP contribution in [0.2, 0.25) is 0 Å². The van der Waals surface area contributed by atoms with E-state index in [0.717, 1.165) is 12.2 Å². The molecular weight excluding hydrogens is 354 g/mol. The van der Waals surface area contributed by atoms with E-state index in [4.69, 9.17) is 4.42 Å². The van der Waals surface area contributed by atoms with E-state index in [-0.39, 0.29) is 10.8 Å². The highest BCUT2D eigenvalue weighted by molar-refractivity contribution is 7.90. The van der Waals surface area contributed by atoms with Crippen molar-refractivity contribution in [2.75, 3.05) is 11.9 Å². The first kappa shape index (κ1) is 17.9. The van der Waals surface area contributed by atoms with E-state index in [0.29, 0.717) is 30.2 Å².